The van der Waals surface area contributed by atoms with E-state index in [9.17, 15) is 9.59 Å². The summed E-state index contributed by atoms with van der Waals surface area (Å²) in [6.07, 6.45) is 6.37. The molecule has 0 aromatic heterocycles. The molecule has 3 heterocycles. The molecule has 118 valence electrons. The van der Waals surface area contributed by atoms with E-state index >= 15 is 0 Å². The van der Waals surface area contributed by atoms with Gasteiger partial charge < -0.3 is 10.2 Å². The fourth-order valence-electron chi connectivity index (χ4n) is 4.33. The van der Waals surface area contributed by atoms with Crippen LogP contribution in [0.5, 0.6) is 0 Å². The van der Waals surface area contributed by atoms with Crippen molar-refractivity contribution in [2.75, 3.05) is 13.1 Å². The molecular formula is C16H27N3O2. The van der Waals surface area contributed by atoms with Crippen LogP contribution in [-0.2, 0) is 9.59 Å². The molecule has 5 nitrogen and oxygen atoms in total. The Morgan fingerprint density at radius 3 is 2.71 bits per heavy atom. The summed E-state index contributed by atoms with van der Waals surface area (Å²) < 4.78 is 0. The minimum Gasteiger partial charge on any atom is -0.343 e. The van der Waals surface area contributed by atoms with Crippen LogP contribution in [-0.4, -0.2) is 58.9 Å². The van der Waals surface area contributed by atoms with Crippen LogP contribution in [0.25, 0.3) is 0 Å². The molecule has 0 bridgehead atoms. The van der Waals surface area contributed by atoms with Gasteiger partial charge in [0.15, 0.2) is 0 Å². The van der Waals surface area contributed by atoms with Crippen LogP contribution in [0.1, 0.15) is 52.4 Å². The number of piperazine rings is 1. The normalized spacial score (nSPS) is 37.5. The third-order valence-corrected chi connectivity index (χ3v) is 5.42. The van der Waals surface area contributed by atoms with Gasteiger partial charge in [0.2, 0.25) is 11.8 Å². The average molecular weight is 293 g/mol. The summed E-state index contributed by atoms with van der Waals surface area (Å²) >= 11 is 0. The van der Waals surface area contributed by atoms with Gasteiger partial charge in [0, 0.05) is 18.6 Å². The van der Waals surface area contributed by atoms with Crippen LogP contribution >= 0.6 is 0 Å². The highest BCUT2D eigenvalue weighted by Gasteiger charge is 2.47. The van der Waals surface area contributed by atoms with Crippen LogP contribution in [0.15, 0.2) is 0 Å². The van der Waals surface area contributed by atoms with Crippen molar-refractivity contribution in [2.24, 2.45) is 0 Å². The highest BCUT2D eigenvalue weighted by atomic mass is 16.2. The number of amides is 2. The second-order valence-corrected chi connectivity index (χ2v) is 6.73. The lowest BCUT2D eigenvalue weighted by Gasteiger charge is -2.44. The smallest absolute Gasteiger partial charge is 0.246 e. The highest BCUT2D eigenvalue weighted by Crippen LogP contribution is 2.33. The van der Waals surface area contributed by atoms with E-state index in [1.165, 1.54) is 19.3 Å². The molecule has 4 unspecified atom stereocenters. The van der Waals surface area contributed by atoms with Crippen LogP contribution in [0.3, 0.4) is 0 Å². The number of carbonyl (C=O) groups excluding carboxylic acids is 2. The van der Waals surface area contributed by atoms with Gasteiger partial charge in [-0.05, 0) is 39.2 Å². The Balaban J connectivity index is 1.81. The van der Waals surface area contributed by atoms with E-state index in [1.807, 2.05) is 11.8 Å². The Kier molecular flexibility index (Phi) is 4.20. The molecule has 0 spiro atoms. The van der Waals surface area contributed by atoms with Crippen molar-refractivity contribution in [2.45, 2.75) is 76.5 Å². The van der Waals surface area contributed by atoms with E-state index in [4.69, 9.17) is 0 Å². The molecule has 2 amide bonds. The van der Waals surface area contributed by atoms with Crippen LogP contribution < -0.4 is 5.32 Å². The largest absolute Gasteiger partial charge is 0.343 e. The number of piperidine rings is 1. The highest BCUT2D eigenvalue weighted by molar-refractivity contribution is 5.97. The molecule has 21 heavy (non-hydrogen) atoms. The fraction of sp³-hybridized carbons (Fsp3) is 0.875. The van der Waals surface area contributed by atoms with Crippen molar-refractivity contribution >= 4 is 11.8 Å². The summed E-state index contributed by atoms with van der Waals surface area (Å²) in [7, 11) is 0. The van der Waals surface area contributed by atoms with E-state index < -0.39 is 0 Å². The maximum atomic E-state index is 12.8. The van der Waals surface area contributed by atoms with Crippen LogP contribution in [0.4, 0.5) is 0 Å². The number of nitrogens with one attached hydrogen (secondary N) is 1. The number of nitrogens with zero attached hydrogens (tertiary/aromatic N) is 2. The van der Waals surface area contributed by atoms with Gasteiger partial charge >= 0.3 is 0 Å². The van der Waals surface area contributed by atoms with Gasteiger partial charge in [-0.15, -0.1) is 0 Å². The maximum absolute atomic E-state index is 12.8. The van der Waals surface area contributed by atoms with E-state index in [0.29, 0.717) is 6.04 Å². The van der Waals surface area contributed by atoms with E-state index in [2.05, 4.69) is 17.1 Å². The van der Waals surface area contributed by atoms with Crippen molar-refractivity contribution in [3.05, 3.63) is 0 Å². The molecule has 3 aliphatic heterocycles. The molecule has 5 heteroatoms. The maximum Gasteiger partial charge on any atom is 0.246 e. The Labute approximate surface area is 127 Å². The molecule has 1 N–H and O–H groups in total. The van der Waals surface area contributed by atoms with E-state index in [1.54, 1.807) is 0 Å². The van der Waals surface area contributed by atoms with Gasteiger partial charge in [-0.1, -0.05) is 19.8 Å². The van der Waals surface area contributed by atoms with Crippen molar-refractivity contribution in [1.82, 2.24) is 15.1 Å². The van der Waals surface area contributed by atoms with Crippen LogP contribution in [0, 0.1) is 0 Å². The second-order valence-electron chi connectivity index (χ2n) is 6.73. The molecule has 4 atom stereocenters. The summed E-state index contributed by atoms with van der Waals surface area (Å²) in [5, 5.41) is 2.90. The standard InChI is InChI=1S/C16H27N3O2/c1-3-6-12-16(21)19(11(2)15(20)17-12)14-8-10-18-9-5-4-7-13(14)18/h11-14H,3-10H2,1-2H3,(H,17,20). The lowest BCUT2D eigenvalue weighted by molar-refractivity contribution is -0.152. The molecule has 3 fully saturated rings. The SMILES string of the molecule is CCCC1NC(=O)C(C)N(C2CCN3CCCCC23)C1=O. The number of hydrogen-bond acceptors (Lipinski definition) is 3. The van der Waals surface area contributed by atoms with Gasteiger partial charge in [0.05, 0.1) is 0 Å². The summed E-state index contributed by atoms with van der Waals surface area (Å²) in [6.45, 7) is 6.16. The minimum absolute atomic E-state index is 0.0160. The summed E-state index contributed by atoms with van der Waals surface area (Å²) in [4.78, 5) is 29.5. The Bertz CT molecular complexity index is 426. The minimum atomic E-state index is -0.322. The topological polar surface area (TPSA) is 52.7 Å². The number of carbonyl (C=O) groups is 2. The zero-order chi connectivity index (χ0) is 15.0. The molecule has 0 aromatic rings. The van der Waals surface area contributed by atoms with Gasteiger partial charge in [0.1, 0.15) is 12.1 Å². The van der Waals surface area contributed by atoms with E-state index in [-0.39, 0.29) is 29.9 Å². The lowest BCUT2D eigenvalue weighted by atomic mass is 9.94. The number of fused-ring (bicyclic) bond motifs is 1. The molecule has 3 saturated heterocycles. The third kappa shape index (κ3) is 2.56. The zero-order valence-electron chi connectivity index (χ0n) is 13.2. The first-order valence-corrected chi connectivity index (χ1v) is 8.50. The Morgan fingerprint density at radius 2 is 1.95 bits per heavy atom. The lowest BCUT2D eigenvalue weighted by Crippen LogP contribution is -2.66. The van der Waals surface area contributed by atoms with Crippen LogP contribution in [0.2, 0.25) is 0 Å². The van der Waals surface area contributed by atoms with Gasteiger partial charge in [-0.25, -0.2) is 0 Å². The number of hydrogen-bond donors (Lipinski definition) is 1. The molecule has 0 saturated carbocycles. The first-order valence-electron chi connectivity index (χ1n) is 8.50. The van der Waals surface area contributed by atoms with E-state index in [0.717, 1.165) is 32.4 Å². The molecule has 3 rings (SSSR count). The zero-order valence-corrected chi connectivity index (χ0v) is 13.2. The van der Waals surface area contributed by atoms with Crippen molar-refractivity contribution in [1.29, 1.82) is 0 Å². The number of rotatable bonds is 3. The first-order chi connectivity index (χ1) is 10.1. The molecule has 0 radical (unpaired) electrons. The molecular weight excluding hydrogens is 266 g/mol. The summed E-state index contributed by atoms with van der Waals surface area (Å²) in [5.41, 5.74) is 0. The Hall–Kier alpha value is -1.10. The van der Waals surface area contributed by atoms with Crippen molar-refractivity contribution < 1.29 is 9.59 Å². The average Bonchev–Trinajstić information content (AvgIpc) is 2.89. The predicted molar refractivity (Wildman–Crippen MR) is 80.8 cm³/mol. The summed E-state index contributed by atoms with van der Waals surface area (Å²) in [5.74, 6) is 0.156. The molecule has 0 aromatic carbocycles. The quantitative estimate of drug-likeness (QED) is 0.848. The fourth-order valence-corrected chi connectivity index (χ4v) is 4.33. The first kappa shape index (κ1) is 14.8. The second kappa shape index (κ2) is 5.95. The van der Waals surface area contributed by atoms with Gasteiger partial charge in [0.25, 0.3) is 0 Å². The molecule has 3 aliphatic rings. The Morgan fingerprint density at radius 1 is 1.14 bits per heavy atom. The van der Waals surface area contributed by atoms with Crippen molar-refractivity contribution in [3.63, 3.8) is 0 Å². The molecule has 0 aliphatic carbocycles. The monoisotopic (exact) mass is 293 g/mol. The predicted octanol–water partition coefficient (Wildman–Crippen LogP) is 1.13. The van der Waals surface area contributed by atoms with Crippen molar-refractivity contribution in [3.8, 4) is 0 Å². The summed E-state index contributed by atoms with van der Waals surface area (Å²) in [6, 6.07) is 0.0744. The van der Waals surface area contributed by atoms with Gasteiger partial charge in [-0.3, -0.25) is 14.5 Å². The third-order valence-electron chi connectivity index (χ3n) is 5.42. The van der Waals surface area contributed by atoms with Gasteiger partial charge in [-0.2, -0.15) is 0 Å².